The molecule has 236 valence electrons. The number of hydrogen-bond donors (Lipinski definition) is 2. The summed E-state index contributed by atoms with van der Waals surface area (Å²) < 4.78 is 52.0. The number of nitrogens with zero attached hydrogens (tertiary/aromatic N) is 5. The summed E-state index contributed by atoms with van der Waals surface area (Å²) in [6.07, 6.45) is 6.95. The number of hydrogen-bond acceptors (Lipinski definition) is 8. The van der Waals surface area contributed by atoms with E-state index >= 15 is 4.39 Å². The highest BCUT2D eigenvalue weighted by Crippen LogP contribution is 2.40. The standard InChI is InChI=1S/C35H33F3N6O2/c1-4-6-28-30-33(31(38)32(40-28)26-14-24(45)13-20-7-10-27(37)25(5-2)29(20)26)41-35(46-19(3)15-43-12-11-21(36)16-43)42-34(30)44-17-22-8-9-23(18-44)39-22/h2,7,10,13-14,19,21-23,39,45H,8-9,11-12,15-18H2,1,3H3/t19-,21-,22-,23+/m0/s1. The lowest BCUT2D eigenvalue weighted by molar-refractivity contribution is 0.146. The number of nitrogens with one attached hydrogen (secondary N) is 1. The second-order valence-electron chi connectivity index (χ2n) is 12.3. The Kier molecular flexibility index (Phi) is 7.83. The highest BCUT2D eigenvalue weighted by Gasteiger charge is 2.35. The number of pyridine rings is 1. The third-order valence-corrected chi connectivity index (χ3v) is 8.99. The SMILES string of the molecule is C#Cc1c(F)ccc2cc(O)cc(-c3nc(C#CC)c4c(N5C[C@H]6CC[C@@H](C5)N6)nc(O[C@@H](C)CN5CC[C@H](F)C5)nc4c3F)c12. The molecule has 2 bridgehead atoms. The molecule has 3 saturated heterocycles. The Hall–Kier alpha value is -4.58. The number of piperazine rings is 1. The molecule has 8 nitrogen and oxygen atoms in total. The van der Waals surface area contributed by atoms with E-state index in [2.05, 4.69) is 37.9 Å². The Balaban J connectivity index is 1.44. The number of anilines is 1. The maximum Gasteiger partial charge on any atom is 0.319 e. The zero-order valence-electron chi connectivity index (χ0n) is 25.6. The first-order valence-electron chi connectivity index (χ1n) is 15.5. The average molecular weight is 627 g/mol. The van der Waals surface area contributed by atoms with E-state index in [0.717, 1.165) is 12.8 Å². The number of rotatable bonds is 6. The molecule has 7 rings (SSSR count). The molecule has 4 atom stereocenters. The molecule has 11 heteroatoms. The molecule has 3 fully saturated rings. The number of benzene rings is 2. The number of halogens is 3. The molecule has 4 aromatic rings. The summed E-state index contributed by atoms with van der Waals surface area (Å²) in [5.41, 5.74) is -0.00112. The maximum absolute atomic E-state index is 17.0. The molecular formula is C35H33F3N6O2. The van der Waals surface area contributed by atoms with Gasteiger partial charge in [-0.15, -0.1) is 6.42 Å². The van der Waals surface area contributed by atoms with Gasteiger partial charge in [0.15, 0.2) is 5.82 Å². The molecule has 2 aromatic carbocycles. The third-order valence-electron chi connectivity index (χ3n) is 8.99. The monoisotopic (exact) mass is 626 g/mol. The van der Waals surface area contributed by atoms with E-state index in [0.29, 0.717) is 55.7 Å². The Morgan fingerprint density at radius 2 is 1.87 bits per heavy atom. The number of ether oxygens (including phenoxy) is 1. The molecule has 0 unspecified atom stereocenters. The van der Waals surface area contributed by atoms with E-state index in [9.17, 15) is 13.9 Å². The van der Waals surface area contributed by atoms with Crippen LogP contribution in [0.1, 0.15) is 44.4 Å². The second kappa shape index (κ2) is 12.0. The minimum atomic E-state index is -0.867. The van der Waals surface area contributed by atoms with Crippen molar-refractivity contribution in [3.63, 3.8) is 0 Å². The van der Waals surface area contributed by atoms with Gasteiger partial charge in [0.2, 0.25) is 0 Å². The Morgan fingerprint density at radius 3 is 2.57 bits per heavy atom. The normalized spacial score (nSPS) is 21.7. The molecule has 2 N–H and O–H groups in total. The predicted molar refractivity (Wildman–Crippen MR) is 171 cm³/mol. The summed E-state index contributed by atoms with van der Waals surface area (Å²) in [5.74, 6) is 7.08. The molecule has 3 aliphatic heterocycles. The second-order valence-corrected chi connectivity index (χ2v) is 12.3. The number of terminal acetylenes is 1. The topological polar surface area (TPSA) is 86.6 Å². The van der Waals surface area contributed by atoms with Crippen LogP contribution < -0.4 is 15.0 Å². The lowest BCUT2D eigenvalue weighted by Crippen LogP contribution is -2.51. The van der Waals surface area contributed by atoms with Crippen molar-refractivity contribution in [1.82, 2.24) is 25.2 Å². The molecular weight excluding hydrogens is 593 g/mol. The summed E-state index contributed by atoms with van der Waals surface area (Å²) in [4.78, 5) is 18.2. The van der Waals surface area contributed by atoms with Crippen LogP contribution in [0.4, 0.5) is 19.0 Å². The van der Waals surface area contributed by atoms with Crippen LogP contribution in [0.2, 0.25) is 0 Å². The molecule has 5 heterocycles. The highest BCUT2D eigenvalue weighted by atomic mass is 19.1. The van der Waals surface area contributed by atoms with E-state index in [1.165, 1.54) is 24.3 Å². The maximum atomic E-state index is 17.0. The van der Waals surface area contributed by atoms with Crippen molar-refractivity contribution in [3.05, 3.63) is 47.2 Å². The van der Waals surface area contributed by atoms with Gasteiger partial charge >= 0.3 is 6.01 Å². The van der Waals surface area contributed by atoms with Crippen LogP contribution in [-0.4, -0.2) is 82.0 Å². The molecule has 46 heavy (non-hydrogen) atoms. The van der Waals surface area contributed by atoms with E-state index in [-0.39, 0.29) is 57.3 Å². The molecule has 0 aliphatic carbocycles. The van der Waals surface area contributed by atoms with Crippen LogP contribution in [0.25, 0.3) is 32.9 Å². The molecule has 0 saturated carbocycles. The Morgan fingerprint density at radius 1 is 1.09 bits per heavy atom. The van der Waals surface area contributed by atoms with Crippen LogP contribution >= 0.6 is 0 Å². The predicted octanol–water partition coefficient (Wildman–Crippen LogP) is 4.93. The van der Waals surface area contributed by atoms with Crippen molar-refractivity contribution < 1.29 is 23.0 Å². The van der Waals surface area contributed by atoms with Gasteiger partial charge in [-0.25, -0.2) is 18.2 Å². The first-order valence-corrected chi connectivity index (χ1v) is 15.5. The number of alkyl halides is 1. The molecule has 0 amide bonds. The van der Waals surface area contributed by atoms with Gasteiger partial charge in [0.25, 0.3) is 0 Å². The van der Waals surface area contributed by atoms with Crippen LogP contribution in [-0.2, 0) is 0 Å². The quantitative estimate of drug-likeness (QED) is 0.292. The fourth-order valence-electron chi connectivity index (χ4n) is 7.06. The number of phenolic OH excluding ortho intramolecular Hbond substituents is 1. The van der Waals surface area contributed by atoms with Crippen LogP contribution in [0, 0.1) is 35.8 Å². The van der Waals surface area contributed by atoms with Crippen molar-refractivity contribution in [2.45, 2.75) is 57.5 Å². The van der Waals surface area contributed by atoms with Crippen LogP contribution in [0.3, 0.4) is 0 Å². The van der Waals surface area contributed by atoms with Crippen molar-refractivity contribution in [1.29, 1.82) is 0 Å². The van der Waals surface area contributed by atoms with Gasteiger partial charge in [0.1, 0.15) is 46.6 Å². The highest BCUT2D eigenvalue weighted by molar-refractivity contribution is 6.04. The van der Waals surface area contributed by atoms with E-state index in [4.69, 9.17) is 16.1 Å². The molecule has 0 spiro atoms. The van der Waals surface area contributed by atoms with Gasteiger partial charge in [-0.3, -0.25) is 4.90 Å². The number of fused-ring (bicyclic) bond motifs is 4. The van der Waals surface area contributed by atoms with Crippen LogP contribution in [0.15, 0.2) is 24.3 Å². The zero-order valence-corrected chi connectivity index (χ0v) is 25.6. The number of aromatic nitrogens is 3. The van der Waals surface area contributed by atoms with Gasteiger partial charge in [-0.2, -0.15) is 9.97 Å². The first kappa shape index (κ1) is 30.1. The largest absolute Gasteiger partial charge is 0.508 e. The molecule has 2 aromatic heterocycles. The summed E-state index contributed by atoms with van der Waals surface area (Å²) in [5, 5.41) is 15.2. The summed E-state index contributed by atoms with van der Waals surface area (Å²) >= 11 is 0. The van der Waals surface area contributed by atoms with Crippen molar-refractivity contribution >= 4 is 27.5 Å². The zero-order chi connectivity index (χ0) is 32.1. The third kappa shape index (κ3) is 5.44. The van der Waals surface area contributed by atoms with Crippen molar-refractivity contribution in [2.24, 2.45) is 0 Å². The van der Waals surface area contributed by atoms with Gasteiger partial charge in [0.05, 0.1) is 10.9 Å². The minimum absolute atomic E-state index is 0.0283. The van der Waals surface area contributed by atoms with Gasteiger partial charge < -0.3 is 20.1 Å². The van der Waals surface area contributed by atoms with E-state index in [1.807, 2.05) is 11.8 Å². The number of phenols is 1. The van der Waals surface area contributed by atoms with Crippen LogP contribution in [0.5, 0.6) is 11.8 Å². The Bertz CT molecular complexity index is 1960. The summed E-state index contributed by atoms with van der Waals surface area (Å²) in [6.45, 7) is 6.21. The lowest BCUT2D eigenvalue weighted by Gasteiger charge is -2.34. The lowest BCUT2D eigenvalue weighted by atomic mass is 9.95. The minimum Gasteiger partial charge on any atom is -0.508 e. The van der Waals surface area contributed by atoms with Gasteiger partial charge in [-0.05, 0) is 62.6 Å². The number of aromatic hydroxyl groups is 1. The van der Waals surface area contributed by atoms with E-state index < -0.39 is 23.9 Å². The Labute approximate surface area is 265 Å². The van der Waals surface area contributed by atoms with Crippen molar-refractivity contribution in [2.75, 3.05) is 37.6 Å². The average Bonchev–Trinajstić information content (AvgIpc) is 3.60. The fourth-order valence-corrected chi connectivity index (χ4v) is 7.06. The molecule has 0 radical (unpaired) electrons. The summed E-state index contributed by atoms with van der Waals surface area (Å²) in [6, 6.07) is 5.90. The first-order chi connectivity index (χ1) is 22.2. The smallest absolute Gasteiger partial charge is 0.319 e. The number of likely N-dealkylation sites (tertiary alicyclic amines) is 1. The van der Waals surface area contributed by atoms with Gasteiger partial charge in [0, 0.05) is 55.8 Å². The molecule has 3 aliphatic rings. The van der Waals surface area contributed by atoms with Gasteiger partial charge in [-0.1, -0.05) is 17.9 Å². The van der Waals surface area contributed by atoms with Crippen molar-refractivity contribution in [3.8, 4) is 47.2 Å². The fraction of sp³-hybridized carbons (Fsp3) is 0.400. The summed E-state index contributed by atoms with van der Waals surface area (Å²) in [7, 11) is 0. The van der Waals surface area contributed by atoms with E-state index in [1.54, 1.807) is 6.92 Å².